The van der Waals surface area contributed by atoms with Gasteiger partial charge in [0.05, 0.1) is 9.79 Å². The van der Waals surface area contributed by atoms with Crippen molar-refractivity contribution in [2.75, 3.05) is 46.1 Å². The minimum atomic E-state index is -3.85. The molecule has 0 saturated carbocycles. The minimum absolute atomic E-state index is 0.0283. The van der Waals surface area contributed by atoms with Gasteiger partial charge < -0.3 is 18.9 Å². The summed E-state index contributed by atoms with van der Waals surface area (Å²) in [5.74, 6) is 1.78. The number of rotatable bonds is 4. The van der Waals surface area contributed by atoms with E-state index >= 15 is 0 Å². The van der Waals surface area contributed by atoms with Crippen molar-refractivity contribution in [2.45, 2.75) is 22.8 Å². The van der Waals surface area contributed by atoms with Crippen molar-refractivity contribution in [1.29, 1.82) is 0 Å². The van der Waals surface area contributed by atoms with E-state index in [0.29, 0.717) is 49.4 Å². The van der Waals surface area contributed by atoms with Gasteiger partial charge in [-0.15, -0.1) is 0 Å². The van der Waals surface area contributed by atoms with Crippen molar-refractivity contribution >= 4 is 20.0 Å². The van der Waals surface area contributed by atoms with Crippen molar-refractivity contribution in [3.63, 3.8) is 0 Å². The summed E-state index contributed by atoms with van der Waals surface area (Å²) in [5.41, 5.74) is 0. The lowest BCUT2D eigenvalue weighted by atomic mass is 10.3. The lowest BCUT2D eigenvalue weighted by Gasteiger charge is -2.38. The maximum Gasteiger partial charge on any atom is 0.243 e. The highest BCUT2D eigenvalue weighted by Gasteiger charge is 2.38. The zero-order chi connectivity index (χ0) is 23.2. The molecule has 0 amide bonds. The molecule has 1 fully saturated rings. The number of ether oxygens (including phenoxy) is 4. The second-order valence-electron chi connectivity index (χ2n) is 7.94. The molecular formula is C21H24N2O8S2. The number of hydrogen-bond donors (Lipinski definition) is 0. The number of fused-ring (bicyclic) bond motifs is 2. The van der Waals surface area contributed by atoms with Gasteiger partial charge in [-0.05, 0) is 31.2 Å². The number of nitrogens with zero attached hydrogens (tertiary/aromatic N) is 2. The Balaban J connectivity index is 1.35. The van der Waals surface area contributed by atoms with Gasteiger partial charge in [-0.25, -0.2) is 16.8 Å². The highest BCUT2D eigenvalue weighted by Crippen LogP contribution is 2.35. The van der Waals surface area contributed by atoms with Gasteiger partial charge in [0, 0.05) is 37.8 Å². The molecule has 3 heterocycles. The Bertz CT molecular complexity index is 1280. The Morgan fingerprint density at radius 1 is 0.697 bits per heavy atom. The van der Waals surface area contributed by atoms with Crippen molar-refractivity contribution < 1.29 is 35.8 Å². The summed E-state index contributed by atoms with van der Waals surface area (Å²) < 4.78 is 77.6. The molecule has 10 nitrogen and oxygen atoms in total. The Morgan fingerprint density at radius 3 is 1.70 bits per heavy atom. The smallest absolute Gasteiger partial charge is 0.243 e. The zero-order valence-electron chi connectivity index (χ0n) is 18.0. The lowest BCUT2D eigenvalue weighted by molar-refractivity contribution is 0.170. The molecular weight excluding hydrogens is 472 g/mol. The molecule has 0 aromatic heterocycles. The quantitative estimate of drug-likeness (QED) is 0.623. The SMILES string of the molecule is CC1CN(S(=O)(=O)c2ccc3c(c2)OCCO3)CCN1S(=O)(=O)c1ccc2c(c1)OCCO2. The predicted molar refractivity (Wildman–Crippen MR) is 117 cm³/mol. The zero-order valence-corrected chi connectivity index (χ0v) is 19.6. The number of piperazine rings is 1. The number of sulfonamides is 2. The van der Waals surface area contributed by atoms with Gasteiger partial charge in [0.2, 0.25) is 20.0 Å². The normalized spacial score (nSPS) is 21.5. The first-order valence-electron chi connectivity index (χ1n) is 10.6. The molecule has 0 N–H and O–H groups in total. The van der Waals surface area contributed by atoms with Crippen LogP contribution >= 0.6 is 0 Å². The van der Waals surface area contributed by atoms with Crippen LogP contribution in [0.1, 0.15) is 6.92 Å². The first-order valence-corrected chi connectivity index (χ1v) is 13.5. The monoisotopic (exact) mass is 496 g/mol. The summed E-state index contributed by atoms with van der Waals surface area (Å²) >= 11 is 0. The molecule has 1 saturated heterocycles. The van der Waals surface area contributed by atoms with E-state index in [-0.39, 0.29) is 29.4 Å². The number of hydrogen-bond acceptors (Lipinski definition) is 8. The van der Waals surface area contributed by atoms with Crippen LogP contribution in [0.2, 0.25) is 0 Å². The molecule has 0 bridgehead atoms. The Kier molecular flexibility index (Phi) is 5.63. The summed E-state index contributed by atoms with van der Waals surface area (Å²) in [7, 11) is -7.68. The van der Waals surface area contributed by atoms with E-state index in [0.717, 1.165) is 0 Å². The summed E-state index contributed by atoms with van der Waals surface area (Å²) in [6, 6.07) is 8.45. The van der Waals surface area contributed by atoms with E-state index in [4.69, 9.17) is 18.9 Å². The molecule has 1 atom stereocenters. The second-order valence-corrected chi connectivity index (χ2v) is 11.8. The fraction of sp³-hybridized carbons (Fsp3) is 0.429. The van der Waals surface area contributed by atoms with Crippen LogP contribution < -0.4 is 18.9 Å². The van der Waals surface area contributed by atoms with E-state index in [2.05, 4.69) is 0 Å². The molecule has 178 valence electrons. The van der Waals surface area contributed by atoms with Crippen LogP contribution in [0.15, 0.2) is 46.2 Å². The molecule has 0 aliphatic carbocycles. The van der Waals surface area contributed by atoms with Crippen LogP contribution in [-0.4, -0.2) is 77.5 Å². The first-order chi connectivity index (χ1) is 15.8. The van der Waals surface area contributed by atoms with Gasteiger partial charge in [0.25, 0.3) is 0 Å². The Morgan fingerprint density at radius 2 is 1.18 bits per heavy atom. The first kappa shape index (κ1) is 22.3. The average Bonchev–Trinajstić information content (AvgIpc) is 2.83. The highest BCUT2D eigenvalue weighted by atomic mass is 32.2. The van der Waals surface area contributed by atoms with Crippen LogP contribution in [0, 0.1) is 0 Å². The van der Waals surface area contributed by atoms with E-state index in [1.807, 2.05) is 0 Å². The predicted octanol–water partition coefficient (Wildman–Crippen LogP) is 1.31. The summed E-state index contributed by atoms with van der Waals surface area (Å²) in [6.07, 6.45) is 0. The van der Waals surface area contributed by atoms with Gasteiger partial charge in [-0.2, -0.15) is 8.61 Å². The lowest BCUT2D eigenvalue weighted by Crippen LogP contribution is -2.55. The van der Waals surface area contributed by atoms with Crippen molar-refractivity contribution in [2.24, 2.45) is 0 Å². The van der Waals surface area contributed by atoms with Crippen molar-refractivity contribution in [3.8, 4) is 23.0 Å². The summed E-state index contributed by atoms with van der Waals surface area (Å²) in [6.45, 7) is 3.31. The van der Waals surface area contributed by atoms with E-state index in [1.54, 1.807) is 19.1 Å². The van der Waals surface area contributed by atoms with Crippen molar-refractivity contribution in [3.05, 3.63) is 36.4 Å². The molecule has 2 aromatic rings. The fourth-order valence-corrected chi connectivity index (χ4v) is 7.29. The molecule has 33 heavy (non-hydrogen) atoms. The number of benzene rings is 2. The van der Waals surface area contributed by atoms with Crippen LogP contribution in [0.5, 0.6) is 23.0 Å². The molecule has 0 spiro atoms. The standard InChI is InChI=1S/C21H24N2O8S2/c1-15-14-22(32(24,25)16-2-4-18-20(12-16)30-10-8-28-18)6-7-23(15)33(26,27)17-3-5-19-21(13-17)31-11-9-29-19/h2-5,12-13,15H,6-11,14H2,1H3. The van der Waals surface area contributed by atoms with Crippen LogP contribution in [0.3, 0.4) is 0 Å². The second kappa shape index (κ2) is 8.35. The maximum absolute atomic E-state index is 13.3. The van der Waals surface area contributed by atoms with E-state index < -0.39 is 26.1 Å². The average molecular weight is 497 g/mol. The summed E-state index contributed by atoms with van der Waals surface area (Å²) in [4.78, 5) is 0.170. The molecule has 0 radical (unpaired) electrons. The fourth-order valence-electron chi connectivity index (χ4n) is 4.14. The van der Waals surface area contributed by atoms with Crippen molar-refractivity contribution in [1.82, 2.24) is 8.61 Å². The molecule has 12 heteroatoms. The third-order valence-electron chi connectivity index (χ3n) is 5.80. The Hall–Kier alpha value is -2.54. The van der Waals surface area contributed by atoms with Gasteiger partial charge in [-0.1, -0.05) is 0 Å². The van der Waals surface area contributed by atoms with Crippen LogP contribution in [0.4, 0.5) is 0 Å². The molecule has 1 unspecified atom stereocenters. The molecule has 3 aliphatic heterocycles. The van der Waals surface area contributed by atoms with Gasteiger partial charge in [0.15, 0.2) is 23.0 Å². The van der Waals surface area contributed by atoms with Crippen LogP contribution in [-0.2, 0) is 20.0 Å². The largest absolute Gasteiger partial charge is 0.486 e. The van der Waals surface area contributed by atoms with Gasteiger partial charge in [-0.3, -0.25) is 0 Å². The van der Waals surface area contributed by atoms with Crippen LogP contribution in [0.25, 0.3) is 0 Å². The topological polar surface area (TPSA) is 112 Å². The van der Waals surface area contributed by atoms with Gasteiger partial charge in [0.1, 0.15) is 26.4 Å². The van der Waals surface area contributed by atoms with Gasteiger partial charge >= 0.3 is 0 Å². The molecule has 2 aromatic carbocycles. The third kappa shape index (κ3) is 4.01. The maximum atomic E-state index is 13.3. The highest BCUT2D eigenvalue weighted by molar-refractivity contribution is 7.89. The van der Waals surface area contributed by atoms with E-state index in [1.165, 1.54) is 32.9 Å². The summed E-state index contributed by atoms with van der Waals surface area (Å²) in [5, 5.41) is 0. The molecule has 5 rings (SSSR count). The molecule has 3 aliphatic rings. The van der Waals surface area contributed by atoms with E-state index in [9.17, 15) is 16.8 Å². The third-order valence-corrected chi connectivity index (χ3v) is 9.67. The Labute approximate surface area is 192 Å². The minimum Gasteiger partial charge on any atom is -0.486 e.